The van der Waals surface area contributed by atoms with Crippen LogP contribution in [-0.4, -0.2) is 25.5 Å². The summed E-state index contributed by atoms with van der Waals surface area (Å²) in [7, 11) is 0. The van der Waals surface area contributed by atoms with Crippen LogP contribution in [0.5, 0.6) is 0 Å². The van der Waals surface area contributed by atoms with E-state index < -0.39 is 0 Å². The fourth-order valence-electron chi connectivity index (χ4n) is 2.80. The zero-order valence-corrected chi connectivity index (χ0v) is 15.9. The second kappa shape index (κ2) is 6.78. The van der Waals surface area contributed by atoms with Crippen molar-refractivity contribution in [2.24, 2.45) is 0 Å². The van der Waals surface area contributed by atoms with Crippen molar-refractivity contribution in [1.29, 1.82) is 0 Å². The number of carbonyl (C=O) groups excluding carboxylic acids is 1. The molecule has 6 heteroatoms. The summed E-state index contributed by atoms with van der Waals surface area (Å²) in [5.41, 5.74) is 2.88. The van der Waals surface area contributed by atoms with Gasteiger partial charge in [0.15, 0.2) is 5.69 Å². The van der Waals surface area contributed by atoms with Crippen LogP contribution in [0.3, 0.4) is 0 Å². The van der Waals surface area contributed by atoms with E-state index in [-0.39, 0.29) is 17.4 Å². The molecular formula is C20H25N5O. The predicted octanol–water partition coefficient (Wildman–Crippen LogP) is 4.20. The first-order valence-electron chi connectivity index (χ1n) is 8.77. The Morgan fingerprint density at radius 2 is 1.92 bits per heavy atom. The first kappa shape index (κ1) is 17.9. The summed E-state index contributed by atoms with van der Waals surface area (Å²) in [6.07, 6.45) is 3.58. The van der Waals surface area contributed by atoms with E-state index >= 15 is 0 Å². The molecule has 0 aliphatic heterocycles. The summed E-state index contributed by atoms with van der Waals surface area (Å²) in [6, 6.07) is 11.3. The first-order chi connectivity index (χ1) is 12.3. The standard InChI is InChI=1S/C20H25N5O/c1-14(2)18-13-17(23-25(18)20(3,4)5)19(26)22-15-8-6-9-16(12-15)24-11-7-10-21-24/h6-14H,1-5H3,(H,22,26). The number of hydrogen-bond acceptors (Lipinski definition) is 3. The van der Waals surface area contributed by atoms with Crippen LogP contribution >= 0.6 is 0 Å². The van der Waals surface area contributed by atoms with E-state index in [1.807, 2.05) is 47.3 Å². The number of carbonyl (C=O) groups is 1. The molecule has 0 aliphatic rings. The molecule has 0 fully saturated rings. The Morgan fingerprint density at radius 3 is 2.50 bits per heavy atom. The van der Waals surface area contributed by atoms with E-state index in [2.05, 4.69) is 50.1 Å². The third-order valence-electron chi connectivity index (χ3n) is 4.07. The molecule has 2 heterocycles. The second-order valence-electron chi connectivity index (χ2n) is 7.65. The maximum absolute atomic E-state index is 12.7. The minimum absolute atomic E-state index is 0.182. The van der Waals surface area contributed by atoms with E-state index in [0.29, 0.717) is 11.4 Å². The van der Waals surface area contributed by atoms with Crippen LogP contribution in [0.15, 0.2) is 48.8 Å². The van der Waals surface area contributed by atoms with Gasteiger partial charge in [-0.25, -0.2) is 4.68 Å². The molecule has 0 saturated heterocycles. The number of hydrogen-bond donors (Lipinski definition) is 1. The molecule has 0 radical (unpaired) electrons. The smallest absolute Gasteiger partial charge is 0.276 e. The van der Waals surface area contributed by atoms with Gasteiger partial charge in [-0.15, -0.1) is 0 Å². The van der Waals surface area contributed by atoms with Gasteiger partial charge in [0.1, 0.15) is 0 Å². The highest BCUT2D eigenvalue weighted by Crippen LogP contribution is 2.24. The van der Waals surface area contributed by atoms with Crippen LogP contribution < -0.4 is 5.32 Å². The molecule has 3 rings (SSSR count). The maximum Gasteiger partial charge on any atom is 0.276 e. The number of nitrogens with zero attached hydrogens (tertiary/aromatic N) is 4. The molecule has 0 unspecified atom stereocenters. The number of aromatic nitrogens is 4. The summed E-state index contributed by atoms with van der Waals surface area (Å²) in [6.45, 7) is 10.5. The van der Waals surface area contributed by atoms with E-state index in [4.69, 9.17) is 0 Å². The zero-order valence-electron chi connectivity index (χ0n) is 15.9. The van der Waals surface area contributed by atoms with Crippen molar-refractivity contribution in [2.75, 3.05) is 5.32 Å². The van der Waals surface area contributed by atoms with Gasteiger partial charge in [-0.2, -0.15) is 10.2 Å². The third-order valence-corrected chi connectivity index (χ3v) is 4.07. The number of amides is 1. The van der Waals surface area contributed by atoms with Crippen molar-refractivity contribution in [3.63, 3.8) is 0 Å². The van der Waals surface area contributed by atoms with E-state index in [0.717, 1.165) is 11.4 Å². The van der Waals surface area contributed by atoms with Crippen LogP contribution in [-0.2, 0) is 5.54 Å². The highest BCUT2D eigenvalue weighted by molar-refractivity contribution is 6.03. The van der Waals surface area contributed by atoms with Gasteiger partial charge in [-0.05, 0) is 57.0 Å². The van der Waals surface area contributed by atoms with Crippen molar-refractivity contribution in [1.82, 2.24) is 19.6 Å². The monoisotopic (exact) mass is 351 g/mol. The van der Waals surface area contributed by atoms with Crippen LogP contribution in [0, 0.1) is 0 Å². The van der Waals surface area contributed by atoms with Crippen LogP contribution in [0.2, 0.25) is 0 Å². The summed E-state index contributed by atoms with van der Waals surface area (Å²) in [5, 5.41) is 11.7. The Morgan fingerprint density at radius 1 is 1.15 bits per heavy atom. The minimum atomic E-state index is -0.215. The zero-order chi connectivity index (χ0) is 18.9. The van der Waals surface area contributed by atoms with Gasteiger partial charge in [0.05, 0.1) is 11.2 Å². The first-order valence-corrected chi connectivity index (χ1v) is 8.77. The van der Waals surface area contributed by atoms with Crippen LogP contribution in [0.1, 0.15) is 56.7 Å². The summed E-state index contributed by atoms with van der Waals surface area (Å²) in [5.74, 6) is 0.0685. The summed E-state index contributed by atoms with van der Waals surface area (Å²) in [4.78, 5) is 12.7. The minimum Gasteiger partial charge on any atom is -0.321 e. The van der Waals surface area contributed by atoms with E-state index in [1.54, 1.807) is 10.9 Å². The molecule has 1 amide bonds. The highest BCUT2D eigenvalue weighted by Gasteiger charge is 2.23. The van der Waals surface area contributed by atoms with Gasteiger partial charge >= 0.3 is 0 Å². The Labute approximate surface area is 153 Å². The fourth-order valence-corrected chi connectivity index (χ4v) is 2.80. The largest absolute Gasteiger partial charge is 0.321 e. The van der Waals surface area contributed by atoms with Gasteiger partial charge in [0.2, 0.25) is 0 Å². The number of anilines is 1. The molecule has 6 nitrogen and oxygen atoms in total. The number of nitrogens with one attached hydrogen (secondary N) is 1. The lowest BCUT2D eigenvalue weighted by molar-refractivity contribution is 0.102. The van der Waals surface area contributed by atoms with Crippen molar-refractivity contribution in [3.8, 4) is 5.69 Å². The van der Waals surface area contributed by atoms with Gasteiger partial charge in [0.25, 0.3) is 5.91 Å². The molecular weight excluding hydrogens is 326 g/mol. The molecule has 136 valence electrons. The SMILES string of the molecule is CC(C)c1cc(C(=O)Nc2cccc(-n3cccn3)c2)nn1C(C)(C)C. The molecule has 26 heavy (non-hydrogen) atoms. The normalized spacial score (nSPS) is 11.8. The van der Waals surface area contributed by atoms with E-state index in [9.17, 15) is 4.79 Å². The fraction of sp³-hybridized carbons (Fsp3) is 0.350. The Bertz CT molecular complexity index is 901. The van der Waals surface area contributed by atoms with Crippen molar-refractivity contribution < 1.29 is 4.79 Å². The van der Waals surface area contributed by atoms with Gasteiger partial charge in [-0.1, -0.05) is 19.9 Å². The second-order valence-corrected chi connectivity index (χ2v) is 7.65. The number of rotatable bonds is 4. The maximum atomic E-state index is 12.7. The Balaban J connectivity index is 1.86. The molecule has 0 bridgehead atoms. The van der Waals surface area contributed by atoms with Gasteiger partial charge in [0, 0.05) is 23.8 Å². The van der Waals surface area contributed by atoms with Crippen molar-refractivity contribution in [3.05, 3.63) is 60.2 Å². The predicted molar refractivity (Wildman–Crippen MR) is 103 cm³/mol. The molecule has 0 aliphatic carbocycles. The van der Waals surface area contributed by atoms with Crippen molar-refractivity contribution in [2.45, 2.75) is 46.1 Å². The summed E-state index contributed by atoms with van der Waals surface area (Å²) >= 11 is 0. The molecule has 0 atom stereocenters. The molecule has 1 aromatic carbocycles. The lowest BCUT2D eigenvalue weighted by atomic mass is 10.1. The lowest BCUT2D eigenvalue weighted by Crippen LogP contribution is -2.26. The topological polar surface area (TPSA) is 64.7 Å². The number of benzene rings is 1. The van der Waals surface area contributed by atoms with Gasteiger partial charge < -0.3 is 5.32 Å². The van der Waals surface area contributed by atoms with Crippen molar-refractivity contribution >= 4 is 11.6 Å². The molecule has 3 aromatic rings. The average Bonchev–Trinajstić information content (AvgIpc) is 3.24. The molecule has 0 spiro atoms. The molecule has 2 aromatic heterocycles. The third kappa shape index (κ3) is 3.69. The van der Waals surface area contributed by atoms with Crippen LogP contribution in [0.25, 0.3) is 5.69 Å². The lowest BCUT2D eigenvalue weighted by Gasteiger charge is -2.23. The molecule has 0 saturated carbocycles. The highest BCUT2D eigenvalue weighted by atomic mass is 16.2. The Kier molecular flexibility index (Phi) is 4.68. The Hall–Kier alpha value is -2.89. The van der Waals surface area contributed by atoms with Crippen LogP contribution in [0.4, 0.5) is 5.69 Å². The summed E-state index contributed by atoms with van der Waals surface area (Å²) < 4.78 is 3.69. The molecule has 1 N–H and O–H groups in total. The quantitative estimate of drug-likeness (QED) is 0.766. The van der Waals surface area contributed by atoms with E-state index in [1.165, 1.54) is 0 Å². The van der Waals surface area contributed by atoms with Gasteiger partial charge in [-0.3, -0.25) is 9.48 Å². The average molecular weight is 351 g/mol.